The molecule has 5 aromatic rings. The molecule has 2 fully saturated rings. The normalized spacial score (nSPS) is 15.3. The number of anilines is 2. The van der Waals surface area contributed by atoms with Crippen LogP contribution in [0.4, 0.5) is 11.5 Å². The van der Waals surface area contributed by atoms with Crippen LogP contribution in [-0.4, -0.2) is 53.5 Å². The van der Waals surface area contributed by atoms with Gasteiger partial charge in [-0.25, -0.2) is 18.9 Å². The Bertz CT molecular complexity index is 2100. The van der Waals surface area contributed by atoms with Crippen molar-refractivity contribution in [3.63, 3.8) is 0 Å². The summed E-state index contributed by atoms with van der Waals surface area (Å²) in [6.07, 6.45) is 6.10. The van der Waals surface area contributed by atoms with Crippen LogP contribution in [0.5, 0.6) is 0 Å². The molecule has 7 rings (SSSR count). The van der Waals surface area contributed by atoms with Gasteiger partial charge < -0.3 is 16.0 Å². The Kier molecular flexibility index (Phi) is 7.70. The Labute approximate surface area is 270 Å². The van der Waals surface area contributed by atoms with Crippen LogP contribution in [0, 0.1) is 5.92 Å². The fourth-order valence-corrected chi connectivity index (χ4v) is 6.44. The van der Waals surface area contributed by atoms with Crippen LogP contribution in [0.1, 0.15) is 67.5 Å². The van der Waals surface area contributed by atoms with Crippen molar-refractivity contribution < 1.29 is 9.59 Å². The van der Waals surface area contributed by atoms with E-state index in [0.29, 0.717) is 35.8 Å². The molecule has 1 aliphatic heterocycles. The highest BCUT2D eigenvalue weighted by Crippen LogP contribution is 2.37. The summed E-state index contributed by atoms with van der Waals surface area (Å²) in [5.74, 6) is 0.0939. The van der Waals surface area contributed by atoms with Gasteiger partial charge >= 0.3 is 5.69 Å². The van der Waals surface area contributed by atoms with Gasteiger partial charge in [-0.05, 0) is 61.6 Å². The lowest BCUT2D eigenvalue weighted by Crippen LogP contribution is -2.42. The number of nitrogens with one attached hydrogen (secondary N) is 1. The van der Waals surface area contributed by atoms with E-state index in [-0.39, 0.29) is 29.3 Å². The lowest BCUT2D eigenvalue weighted by Gasteiger charge is -2.33. The Morgan fingerprint density at radius 1 is 0.957 bits per heavy atom. The number of hydrogen-bond donors (Lipinski definition) is 2. The first-order valence-corrected chi connectivity index (χ1v) is 16.0. The standard InChI is InChI=1S/C35H36N8O4/c1-21(2)33(45)40-16-14-23(15-17-40)29-18-27(30-31(36)37-20-38-43(29)30)22-8-10-24(11-9-22)39-32(44)28-19-41(25-12-13-25)35(47)42(34(28)46)26-6-4-3-5-7-26/h3-11,18-21,23,25H,12-17H2,1-2H3,(H,39,44)(H2,36,37,38). The first-order valence-electron chi connectivity index (χ1n) is 16.0. The van der Waals surface area contributed by atoms with Crippen molar-refractivity contribution in [1.82, 2.24) is 28.6 Å². The van der Waals surface area contributed by atoms with E-state index in [4.69, 9.17) is 5.73 Å². The number of nitrogens with two attached hydrogens (primary N) is 1. The van der Waals surface area contributed by atoms with Gasteiger partial charge in [-0.15, -0.1) is 0 Å². The summed E-state index contributed by atoms with van der Waals surface area (Å²) in [4.78, 5) is 58.9. The average Bonchev–Trinajstić information content (AvgIpc) is 3.85. The zero-order valence-electron chi connectivity index (χ0n) is 26.3. The second kappa shape index (κ2) is 12.0. The van der Waals surface area contributed by atoms with Gasteiger partial charge in [0.15, 0.2) is 5.82 Å². The maximum absolute atomic E-state index is 13.5. The maximum Gasteiger partial charge on any atom is 0.335 e. The molecule has 2 aliphatic rings. The van der Waals surface area contributed by atoms with Crippen LogP contribution >= 0.6 is 0 Å². The molecular weight excluding hydrogens is 596 g/mol. The Morgan fingerprint density at radius 3 is 2.32 bits per heavy atom. The van der Waals surface area contributed by atoms with Crippen molar-refractivity contribution in [1.29, 1.82) is 0 Å². The van der Waals surface area contributed by atoms with Crippen molar-refractivity contribution in [3.05, 3.63) is 105 Å². The topological polar surface area (TPSA) is 150 Å². The number of rotatable bonds is 7. The van der Waals surface area contributed by atoms with E-state index >= 15 is 0 Å². The molecule has 12 nitrogen and oxygen atoms in total. The molecule has 1 saturated heterocycles. The highest BCUT2D eigenvalue weighted by atomic mass is 16.2. The summed E-state index contributed by atoms with van der Waals surface area (Å²) in [6, 6.07) is 18.0. The first-order chi connectivity index (χ1) is 22.7. The molecular formula is C35H36N8O4. The van der Waals surface area contributed by atoms with Crippen LogP contribution in [0.2, 0.25) is 0 Å². The minimum absolute atomic E-state index is 0.0296. The van der Waals surface area contributed by atoms with Gasteiger partial charge in [0, 0.05) is 54.1 Å². The lowest BCUT2D eigenvalue weighted by atomic mass is 9.92. The zero-order chi connectivity index (χ0) is 32.8. The van der Waals surface area contributed by atoms with Gasteiger partial charge in [-0.2, -0.15) is 5.10 Å². The summed E-state index contributed by atoms with van der Waals surface area (Å²) in [5, 5.41) is 7.37. The van der Waals surface area contributed by atoms with E-state index in [0.717, 1.165) is 47.1 Å². The molecule has 1 saturated carbocycles. The van der Waals surface area contributed by atoms with E-state index in [1.807, 2.05) is 35.4 Å². The predicted octanol–water partition coefficient (Wildman–Crippen LogP) is 4.24. The molecule has 2 amide bonds. The zero-order valence-corrected chi connectivity index (χ0v) is 26.3. The number of piperidine rings is 1. The lowest BCUT2D eigenvalue weighted by molar-refractivity contribution is -0.135. The minimum Gasteiger partial charge on any atom is -0.382 e. The number of para-hydroxylation sites is 1. The van der Waals surface area contributed by atoms with Gasteiger partial charge in [0.25, 0.3) is 11.5 Å². The quantitative estimate of drug-likeness (QED) is 0.273. The van der Waals surface area contributed by atoms with Gasteiger partial charge in [0.1, 0.15) is 17.4 Å². The number of carbonyl (C=O) groups is 2. The van der Waals surface area contributed by atoms with E-state index in [1.165, 1.54) is 17.1 Å². The van der Waals surface area contributed by atoms with Crippen molar-refractivity contribution in [2.75, 3.05) is 24.1 Å². The van der Waals surface area contributed by atoms with Crippen LogP contribution in [-0.2, 0) is 4.79 Å². The third-order valence-electron chi connectivity index (χ3n) is 9.10. The molecule has 0 bridgehead atoms. The minimum atomic E-state index is -0.671. The number of benzene rings is 2. The largest absolute Gasteiger partial charge is 0.382 e. The molecule has 1 aliphatic carbocycles. The smallest absolute Gasteiger partial charge is 0.335 e. The Morgan fingerprint density at radius 2 is 1.66 bits per heavy atom. The summed E-state index contributed by atoms with van der Waals surface area (Å²) < 4.78 is 4.40. The van der Waals surface area contributed by atoms with E-state index in [9.17, 15) is 19.2 Å². The summed E-state index contributed by atoms with van der Waals surface area (Å²) in [6.45, 7) is 5.23. The van der Waals surface area contributed by atoms with Gasteiger partial charge in [0.05, 0.1) is 5.69 Å². The second-order valence-electron chi connectivity index (χ2n) is 12.6. The van der Waals surface area contributed by atoms with Crippen LogP contribution in [0.15, 0.2) is 82.8 Å². The van der Waals surface area contributed by atoms with Crippen molar-refractivity contribution in [2.24, 2.45) is 5.92 Å². The number of nitrogens with zero attached hydrogens (tertiary/aromatic N) is 6. The van der Waals surface area contributed by atoms with Crippen LogP contribution in [0.3, 0.4) is 0 Å². The molecule has 0 spiro atoms. The summed E-state index contributed by atoms with van der Waals surface area (Å²) in [7, 11) is 0. The highest BCUT2D eigenvalue weighted by Gasteiger charge is 2.30. The van der Waals surface area contributed by atoms with Crippen LogP contribution < -0.4 is 22.3 Å². The SMILES string of the molecule is CC(C)C(=O)N1CCC(c2cc(-c3ccc(NC(=O)c4cn(C5CC5)c(=O)n(-c5ccccc5)c4=O)cc3)c3c(N)ncnn23)CC1. The third-order valence-corrected chi connectivity index (χ3v) is 9.10. The molecule has 240 valence electrons. The maximum atomic E-state index is 13.5. The van der Waals surface area contributed by atoms with Crippen molar-refractivity contribution >= 4 is 28.8 Å². The van der Waals surface area contributed by atoms with Crippen molar-refractivity contribution in [3.8, 4) is 16.8 Å². The Hall–Kier alpha value is -5.52. The molecule has 4 heterocycles. The number of nitrogen functional groups attached to an aromatic ring is 1. The monoisotopic (exact) mass is 632 g/mol. The number of likely N-dealkylation sites (tertiary alicyclic amines) is 1. The second-order valence-corrected chi connectivity index (χ2v) is 12.6. The number of amides is 2. The average molecular weight is 633 g/mol. The molecule has 3 N–H and O–H groups in total. The number of fused-ring (bicyclic) bond motifs is 1. The van der Waals surface area contributed by atoms with Gasteiger partial charge in [-0.1, -0.05) is 44.2 Å². The molecule has 3 aromatic heterocycles. The first kappa shape index (κ1) is 30.2. The molecule has 2 aromatic carbocycles. The summed E-state index contributed by atoms with van der Waals surface area (Å²) >= 11 is 0. The Balaban J connectivity index is 1.16. The third kappa shape index (κ3) is 5.60. The van der Waals surface area contributed by atoms with E-state index in [1.54, 1.807) is 42.5 Å². The molecule has 12 heteroatoms. The van der Waals surface area contributed by atoms with E-state index < -0.39 is 17.2 Å². The fraction of sp³-hybridized carbons (Fsp3) is 0.314. The van der Waals surface area contributed by atoms with Gasteiger partial charge in [-0.3, -0.25) is 19.0 Å². The number of hydrogen-bond acceptors (Lipinski definition) is 7. The number of aromatic nitrogens is 5. The van der Waals surface area contributed by atoms with Crippen LogP contribution in [0.25, 0.3) is 22.3 Å². The van der Waals surface area contributed by atoms with E-state index in [2.05, 4.69) is 21.5 Å². The molecule has 0 unspecified atom stereocenters. The predicted molar refractivity (Wildman–Crippen MR) is 179 cm³/mol. The summed E-state index contributed by atoms with van der Waals surface area (Å²) in [5.41, 5.74) is 9.46. The fourth-order valence-electron chi connectivity index (χ4n) is 6.44. The molecule has 47 heavy (non-hydrogen) atoms. The highest BCUT2D eigenvalue weighted by molar-refractivity contribution is 6.04. The van der Waals surface area contributed by atoms with Crippen molar-refractivity contribution in [2.45, 2.75) is 51.5 Å². The molecule has 0 radical (unpaired) electrons. The molecule has 0 atom stereocenters. The number of carbonyl (C=O) groups excluding carboxylic acids is 2. The van der Waals surface area contributed by atoms with Gasteiger partial charge in [0.2, 0.25) is 5.91 Å².